The molecule has 40 heavy (non-hydrogen) atoms. The van der Waals surface area contributed by atoms with Crippen molar-refractivity contribution in [3.8, 4) is 0 Å². The van der Waals surface area contributed by atoms with Gasteiger partial charge < -0.3 is 14.6 Å². The molecule has 6 nitrogen and oxygen atoms in total. The maximum absolute atomic E-state index is 14.3. The third kappa shape index (κ3) is 4.60. The van der Waals surface area contributed by atoms with E-state index in [0.29, 0.717) is 24.0 Å². The number of benzene rings is 3. The number of hydrogen-bond donors (Lipinski definition) is 1. The van der Waals surface area contributed by atoms with Crippen LogP contribution in [0.2, 0.25) is 0 Å². The fourth-order valence-corrected chi connectivity index (χ4v) is 6.03. The number of ketones is 1. The lowest BCUT2D eigenvalue weighted by Crippen LogP contribution is -2.38. The lowest BCUT2D eigenvalue weighted by atomic mass is 9.80. The molecule has 4 aromatic rings. The summed E-state index contributed by atoms with van der Waals surface area (Å²) in [5.74, 6) is 0.605. The summed E-state index contributed by atoms with van der Waals surface area (Å²) in [4.78, 5) is 32.5. The van der Waals surface area contributed by atoms with Crippen LogP contribution in [0.3, 0.4) is 0 Å². The Bertz CT molecular complexity index is 1540. The molecule has 1 amide bonds. The van der Waals surface area contributed by atoms with Gasteiger partial charge >= 0.3 is 0 Å². The highest BCUT2D eigenvalue weighted by Crippen LogP contribution is 2.48. The third-order valence-corrected chi connectivity index (χ3v) is 8.01. The Hall–Kier alpha value is -4.58. The molecule has 0 spiro atoms. The van der Waals surface area contributed by atoms with Crippen LogP contribution in [0.15, 0.2) is 113 Å². The van der Waals surface area contributed by atoms with Crippen LogP contribution in [0.5, 0.6) is 0 Å². The highest BCUT2D eigenvalue weighted by Gasteiger charge is 2.42. The van der Waals surface area contributed by atoms with Gasteiger partial charge in [0.15, 0.2) is 5.78 Å². The first-order valence-corrected chi connectivity index (χ1v) is 14.0. The summed E-state index contributed by atoms with van der Waals surface area (Å²) in [6.45, 7) is 6.08. The minimum Gasteiger partial charge on any atom is -0.469 e. The zero-order valence-corrected chi connectivity index (χ0v) is 22.8. The largest absolute Gasteiger partial charge is 0.469 e. The van der Waals surface area contributed by atoms with Gasteiger partial charge in [-0.15, -0.1) is 0 Å². The van der Waals surface area contributed by atoms with Gasteiger partial charge in [-0.3, -0.25) is 14.5 Å². The number of amides is 1. The predicted octanol–water partition coefficient (Wildman–Crippen LogP) is 7.34. The number of nitrogens with one attached hydrogen (secondary N) is 1. The maximum atomic E-state index is 14.3. The number of para-hydroxylation sites is 2. The first-order valence-electron chi connectivity index (χ1n) is 14.0. The molecule has 0 radical (unpaired) electrons. The normalized spacial score (nSPS) is 18.4. The molecule has 1 aromatic heterocycles. The van der Waals surface area contributed by atoms with E-state index in [1.165, 1.54) is 0 Å². The number of Topliss-reactive ketones (excluding diaryl/α,β-unsaturated/α-hetero) is 1. The second-order valence-electron chi connectivity index (χ2n) is 10.3. The number of furan rings is 1. The van der Waals surface area contributed by atoms with Gasteiger partial charge in [-0.2, -0.15) is 0 Å². The van der Waals surface area contributed by atoms with Crippen LogP contribution in [-0.2, 0) is 4.79 Å². The summed E-state index contributed by atoms with van der Waals surface area (Å²) in [6, 6.07) is 28.6. The summed E-state index contributed by atoms with van der Waals surface area (Å²) >= 11 is 0. The van der Waals surface area contributed by atoms with Crippen molar-refractivity contribution in [1.82, 2.24) is 0 Å². The maximum Gasteiger partial charge on any atom is 0.259 e. The zero-order valence-electron chi connectivity index (χ0n) is 22.8. The van der Waals surface area contributed by atoms with Crippen molar-refractivity contribution in [3.05, 3.63) is 125 Å². The van der Waals surface area contributed by atoms with Crippen molar-refractivity contribution in [2.75, 3.05) is 28.2 Å². The smallest absolute Gasteiger partial charge is 0.259 e. The molecule has 2 atom stereocenters. The van der Waals surface area contributed by atoms with Crippen molar-refractivity contribution in [2.24, 2.45) is 0 Å². The average Bonchev–Trinajstić information content (AvgIpc) is 3.49. The Kier molecular flexibility index (Phi) is 6.99. The average molecular weight is 532 g/mol. The van der Waals surface area contributed by atoms with E-state index >= 15 is 0 Å². The number of rotatable bonds is 6. The van der Waals surface area contributed by atoms with Crippen molar-refractivity contribution >= 4 is 28.8 Å². The Balaban J connectivity index is 1.55. The van der Waals surface area contributed by atoms with E-state index in [1.807, 2.05) is 66.7 Å². The molecular weight excluding hydrogens is 498 g/mol. The molecule has 0 saturated carbocycles. The molecule has 1 N–H and O–H groups in total. The number of fused-ring (bicyclic) bond motifs is 1. The van der Waals surface area contributed by atoms with E-state index in [1.54, 1.807) is 11.2 Å². The Morgan fingerprint density at radius 2 is 1.62 bits per heavy atom. The number of nitrogens with zero attached hydrogens (tertiary/aromatic N) is 2. The molecule has 6 rings (SSSR count). The van der Waals surface area contributed by atoms with E-state index in [-0.39, 0.29) is 17.6 Å². The molecule has 6 heteroatoms. The van der Waals surface area contributed by atoms with Crippen molar-refractivity contribution in [1.29, 1.82) is 0 Å². The Morgan fingerprint density at radius 3 is 2.33 bits per heavy atom. The molecule has 2 aliphatic rings. The van der Waals surface area contributed by atoms with Gasteiger partial charge in [-0.1, -0.05) is 42.5 Å². The lowest BCUT2D eigenvalue weighted by molar-refractivity contribution is -0.116. The van der Waals surface area contributed by atoms with Gasteiger partial charge in [-0.25, -0.2) is 0 Å². The molecular formula is C34H33N3O3. The fraction of sp³-hybridized carbons (Fsp3) is 0.235. The highest BCUT2D eigenvalue weighted by atomic mass is 16.3. The van der Waals surface area contributed by atoms with Gasteiger partial charge in [0.1, 0.15) is 5.76 Å². The van der Waals surface area contributed by atoms with E-state index in [4.69, 9.17) is 4.42 Å². The van der Waals surface area contributed by atoms with Crippen LogP contribution < -0.4 is 15.1 Å². The van der Waals surface area contributed by atoms with Gasteiger partial charge in [0.05, 0.1) is 23.7 Å². The van der Waals surface area contributed by atoms with Crippen LogP contribution in [-0.4, -0.2) is 24.8 Å². The molecule has 1 aliphatic heterocycles. The van der Waals surface area contributed by atoms with E-state index in [2.05, 4.69) is 48.3 Å². The van der Waals surface area contributed by atoms with Gasteiger partial charge in [0, 0.05) is 47.9 Å². The second kappa shape index (κ2) is 10.9. The second-order valence-corrected chi connectivity index (χ2v) is 10.3. The minimum atomic E-state index is -0.588. The number of carbonyl (C=O) groups is 2. The summed E-state index contributed by atoms with van der Waals surface area (Å²) in [7, 11) is 0. The number of anilines is 3. The standard InChI is InChI=1S/C34H33N3O3/c1-3-36(4-2)26-18-16-23(17-19-26)33-32-28(21-25(22-30(32)38)31-15-10-20-40-31)35-27-13-8-9-14-29(27)37(33)34(39)24-11-6-5-7-12-24/h5-20,25,33,35H,3-4,21-22H2,1-2H3/t25-,33-/m0/s1. The predicted molar refractivity (Wildman–Crippen MR) is 159 cm³/mol. The molecule has 3 aromatic carbocycles. The highest BCUT2D eigenvalue weighted by molar-refractivity contribution is 6.12. The van der Waals surface area contributed by atoms with E-state index in [9.17, 15) is 9.59 Å². The SMILES string of the molecule is CCN(CC)c1ccc([C@H]2C3=C(C[C@H](c4ccco4)CC3=O)Nc3ccccc3N2C(=O)c2ccccc2)cc1. The first kappa shape index (κ1) is 25.7. The van der Waals surface area contributed by atoms with Crippen LogP contribution in [0.4, 0.5) is 17.1 Å². The van der Waals surface area contributed by atoms with Crippen molar-refractivity contribution in [2.45, 2.75) is 38.6 Å². The molecule has 0 fully saturated rings. The van der Waals surface area contributed by atoms with Crippen LogP contribution in [0, 0.1) is 0 Å². The number of allylic oxidation sites excluding steroid dienone is 1. The van der Waals surface area contributed by atoms with Crippen molar-refractivity contribution in [3.63, 3.8) is 0 Å². The summed E-state index contributed by atoms with van der Waals surface area (Å²) in [6.07, 6.45) is 2.59. The molecule has 202 valence electrons. The zero-order chi connectivity index (χ0) is 27.6. The van der Waals surface area contributed by atoms with Gasteiger partial charge in [0.25, 0.3) is 5.91 Å². The fourth-order valence-electron chi connectivity index (χ4n) is 6.03. The third-order valence-electron chi connectivity index (χ3n) is 8.01. The minimum absolute atomic E-state index is 0.0200. The summed E-state index contributed by atoms with van der Waals surface area (Å²) < 4.78 is 5.72. The van der Waals surface area contributed by atoms with Gasteiger partial charge in [0.2, 0.25) is 0 Å². The van der Waals surface area contributed by atoms with Gasteiger partial charge in [-0.05, 0) is 74.4 Å². The molecule has 0 unspecified atom stereocenters. The number of hydrogen-bond acceptors (Lipinski definition) is 5. The molecule has 0 bridgehead atoms. The van der Waals surface area contributed by atoms with Crippen LogP contribution in [0.1, 0.15) is 60.3 Å². The van der Waals surface area contributed by atoms with Crippen LogP contribution >= 0.6 is 0 Å². The van der Waals surface area contributed by atoms with E-state index < -0.39 is 6.04 Å². The van der Waals surface area contributed by atoms with Crippen LogP contribution in [0.25, 0.3) is 0 Å². The lowest BCUT2D eigenvalue weighted by Gasteiger charge is -2.35. The van der Waals surface area contributed by atoms with Crippen molar-refractivity contribution < 1.29 is 14.0 Å². The topological polar surface area (TPSA) is 65.8 Å². The Labute approximate surface area is 234 Å². The Morgan fingerprint density at radius 1 is 0.900 bits per heavy atom. The summed E-state index contributed by atoms with van der Waals surface area (Å²) in [5.41, 5.74) is 5.60. The quantitative estimate of drug-likeness (QED) is 0.282. The molecule has 1 aliphatic carbocycles. The summed E-state index contributed by atoms with van der Waals surface area (Å²) in [5, 5.41) is 3.58. The molecule has 0 saturated heterocycles. The van der Waals surface area contributed by atoms with E-state index in [0.717, 1.165) is 47.2 Å². The number of carbonyl (C=O) groups excluding carboxylic acids is 2. The first-order chi connectivity index (χ1) is 19.6. The molecule has 2 heterocycles. The monoisotopic (exact) mass is 531 g/mol.